The second-order valence-electron chi connectivity index (χ2n) is 5.74. The Balaban J connectivity index is 2.53. The number of rotatable bonds is 8. The molecule has 5 nitrogen and oxygen atoms in total. The van der Waals surface area contributed by atoms with Gasteiger partial charge >= 0.3 is 0 Å². The van der Waals surface area contributed by atoms with Crippen molar-refractivity contribution in [1.82, 2.24) is 5.32 Å². The zero-order valence-corrected chi connectivity index (χ0v) is 15.5. The second-order valence-corrected chi connectivity index (χ2v) is 6.15. The molecule has 3 N–H and O–H groups in total. The maximum Gasteiger partial charge on any atom is 0.226 e. The molecule has 132 valence electrons. The van der Waals surface area contributed by atoms with Crippen LogP contribution < -0.4 is 16.0 Å². The van der Waals surface area contributed by atoms with Gasteiger partial charge in [-0.25, -0.2) is 0 Å². The van der Waals surface area contributed by atoms with Crippen molar-refractivity contribution < 1.29 is 9.59 Å². The fourth-order valence-electron chi connectivity index (χ4n) is 2.14. The molecule has 1 aromatic carbocycles. The third kappa shape index (κ3) is 7.55. The van der Waals surface area contributed by atoms with Gasteiger partial charge in [-0.2, -0.15) is 0 Å². The highest BCUT2D eigenvalue weighted by Gasteiger charge is 2.07. The first-order valence-corrected chi connectivity index (χ1v) is 8.88. The predicted molar refractivity (Wildman–Crippen MR) is 103 cm³/mol. The molecule has 0 aliphatic heterocycles. The summed E-state index contributed by atoms with van der Waals surface area (Å²) >= 11 is 5.17. The number of carbonyl (C=O) groups is 2. The summed E-state index contributed by atoms with van der Waals surface area (Å²) in [5.41, 5.74) is 2.43. The lowest BCUT2D eigenvalue weighted by Crippen LogP contribution is -2.33. The van der Waals surface area contributed by atoms with E-state index in [-0.39, 0.29) is 16.9 Å². The lowest BCUT2D eigenvalue weighted by molar-refractivity contribution is -0.119. The van der Waals surface area contributed by atoms with E-state index in [1.165, 1.54) is 0 Å². The van der Waals surface area contributed by atoms with Gasteiger partial charge in [-0.3, -0.25) is 9.59 Å². The molecule has 0 atom stereocenters. The first-order chi connectivity index (χ1) is 11.5. The number of nitrogens with one attached hydrogen (secondary N) is 3. The van der Waals surface area contributed by atoms with E-state index in [0.29, 0.717) is 12.8 Å². The normalized spacial score (nSPS) is 10.1. The van der Waals surface area contributed by atoms with Gasteiger partial charge in [0.15, 0.2) is 5.11 Å². The van der Waals surface area contributed by atoms with Gasteiger partial charge in [0.1, 0.15) is 0 Å². The van der Waals surface area contributed by atoms with Crippen LogP contribution in [-0.4, -0.2) is 16.9 Å². The van der Waals surface area contributed by atoms with Crippen molar-refractivity contribution in [2.75, 3.05) is 10.6 Å². The van der Waals surface area contributed by atoms with E-state index in [1.807, 2.05) is 25.1 Å². The Hall–Kier alpha value is -1.95. The lowest BCUT2D eigenvalue weighted by atomic mass is 10.1. The average Bonchev–Trinajstić information content (AvgIpc) is 2.54. The summed E-state index contributed by atoms with van der Waals surface area (Å²) in [5, 5.41) is 8.78. The highest BCUT2D eigenvalue weighted by molar-refractivity contribution is 7.80. The van der Waals surface area contributed by atoms with Gasteiger partial charge in [0.2, 0.25) is 11.8 Å². The molecule has 2 amide bonds. The van der Waals surface area contributed by atoms with Crippen LogP contribution >= 0.6 is 12.2 Å². The van der Waals surface area contributed by atoms with Gasteiger partial charge < -0.3 is 16.0 Å². The first-order valence-electron chi connectivity index (χ1n) is 8.47. The Bertz CT molecular complexity index is 588. The average molecular weight is 350 g/mol. The molecule has 0 aromatic heterocycles. The largest absolute Gasteiger partial charge is 0.332 e. The summed E-state index contributed by atoms with van der Waals surface area (Å²) in [6, 6.07) is 5.56. The smallest absolute Gasteiger partial charge is 0.226 e. The van der Waals surface area contributed by atoms with Crippen LogP contribution in [0.15, 0.2) is 18.2 Å². The Kier molecular flexibility index (Phi) is 9.01. The SMILES string of the molecule is CCCCCCC(=O)NC(=S)Nc1ccc(C)c(NC(=O)CC)c1. The first kappa shape index (κ1) is 20.1. The van der Waals surface area contributed by atoms with Gasteiger partial charge in [0.25, 0.3) is 0 Å². The van der Waals surface area contributed by atoms with Crippen molar-refractivity contribution in [3.8, 4) is 0 Å². The summed E-state index contributed by atoms with van der Waals surface area (Å²) in [7, 11) is 0. The summed E-state index contributed by atoms with van der Waals surface area (Å²) in [6.07, 6.45) is 5.12. The number of aryl methyl sites for hydroxylation is 1. The van der Waals surface area contributed by atoms with E-state index >= 15 is 0 Å². The molecule has 0 spiro atoms. The van der Waals surface area contributed by atoms with Gasteiger partial charge in [-0.05, 0) is 43.3 Å². The van der Waals surface area contributed by atoms with E-state index in [0.717, 1.165) is 42.6 Å². The van der Waals surface area contributed by atoms with E-state index < -0.39 is 0 Å². The minimum absolute atomic E-state index is 0.0433. The molecule has 0 saturated heterocycles. The van der Waals surface area contributed by atoms with Crippen LogP contribution in [-0.2, 0) is 9.59 Å². The summed E-state index contributed by atoms with van der Waals surface area (Å²) in [5.74, 6) is -0.117. The molecule has 0 unspecified atom stereocenters. The second kappa shape index (κ2) is 10.8. The van der Waals surface area contributed by atoms with Gasteiger partial charge in [-0.1, -0.05) is 39.2 Å². The number of hydrogen-bond acceptors (Lipinski definition) is 3. The van der Waals surface area contributed by atoms with Crippen LogP contribution in [0.1, 0.15) is 57.9 Å². The molecular formula is C18H27N3O2S. The third-order valence-electron chi connectivity index (χ3n) is 3.60. The Morgan fingerprint density at radius 2 is 1.79 bits per heavy atom. The van der Waals surface area contributed by atoms with Crippen molar-refractivity contribution in [2.24, 2.45) is 0 Å². The molecule has 0 fully saturated rings. The van der Waals surface area contributed by atoms with Crippen molar-refractivity contribution >= 4 is 40.5 Å². The number of amides is 2. The molecule has 24 heavy (non-hydrogen) atoms. The molecular weight excluding hydrogens is 322 g/mol. The van der Waals surface area contributed by atoms with Crippen molar-refractivity contribution in [1.29, 1.82) is 0 Å². The van der Waals surface area contributed by atoms with Crippen molar-refractivity contribution in [2.45, 2.75) is 59.3 Å². The fourth-order valence-corrected chi connectivity index (χ4v) is 2.37. The number of hydrogen-bond donors (Lipinski definition) is 3. The number of anilines is 2. The van der Waals surface area contributed by atoms with Gasteiger partial charge in [-0.15, -0.1) is 0 Å². The van der Waals surface area contributed by atoms with Crippen molar-refractivity contribution in [3.63, 3.8) is 0 Å². The van der Waals surface area contributed by atoms with Crippen LogP contribution in [0, 0.1) is 6.92 Å². The van der Waals surface area contributed by atoms with Crippen LogP contribution in [0.3, 0.4) is 0 Å². The van der Waals surface area contributed by atoms with Gasteiger partial charge in [0.05, 0.1) is 0 Å². The number of benzene rings is 1. The number of unbranched alkanes of at least 4 members (excludes halogenated alkanes) is 3. The molecule has 0 bridgehead atoms. The van der Waals surface area contributed by atoms with Gasteiger partial charge in [0, 0.05) is 24.2 Å². The lowest BCUT2D eigenvalue weighted by Gasteiger charge is -2.13. The molecule has 1 rings (SSSR count). The number of carbonyl (C=O) groups excluding carboxylic acids is 2. The highest BCUT2D eigenvalue weighted by Crippen LogP contribution is 2.20. The highest BCUT2D eigenvalue weighted by atomic mass is 32.1. The van der Waals surface area contributed by atoms with Crippen LogP contribution in [0.5, 0.6) is 0 Å². The Labute approximate surface area is 149 Å². The molecule has 0 heterocycles. The monoisotopic (exact) mass is 349 g/mol. The molecule has 0 aliphatic carbocycles. The van der Waals surface area contributed by atoms with E-state index in [2.05, 4.69) is 22.9 Å². The minimum atomic E-state index is -0.0739. The zero-order valence-electron chi connectivity index (χ0n) is 14.7. The predicted octanol–water partition coefficient (Wildman–Crippen LogP) is 4.13. The molecule has 0 radical (unpaired) electrons. The van der Waals surface area contributed by atoms with E-state index in [9.17, 15) is 9.59 Å². The van der Waals surface area contributed by atoms with Crippen molar-refractivity contribution in [3.05, 3.63) is 23.8 Å². The standard InChI is InChI=1S/C18H27N3O2S/c1-4-6-7-8-9-17(23)21-18(24)19-14-11-10-13(3)15(12-14)20-16(22)5-2/h10-12H,4-9H2,1-3H3,(H,20,22)(H2,19,21,23,24). The van der Waals surface area contributed by atoms with E-state index in [1.54, 1.807) is 6.92 Å². The Morgan fingerprint density at radius 3 is 2.46 bits per heavy atom. The molecule has 0 saturated carbocycles. The fraction of sp³-hybridized carbons (Fsp3) is 0.500. The summed E-state index contributed by atoms with van der Waals surface area (Å²) in [6.45, 7) is 5.86. The van der Waals surface area contributed by atoms with Crippen LogP contribution in [0.2, 0.25) is 0 Å². The minimum Gasteiger partial charge on any atom is -0.332 e. The van der Waals surface area contributed by atoms with E-state index in [4.69, 9.17) is 12.2 Å². The maximum atomic E-state index is 11.8. The summed E-state index contributed by atoms with van der Waals surface area (Å²) < 4.78 is 0. The molecule has 0 aliphatic rings. The maximum absolute atomic E-state index is 11.8. The quantitative estimate of drug-likeness (QED) is 0.487. The summed E-state index contributed by atoms with van der Waals surface area (Å²) in [4.78, 5) is 23.4. The third-order valence-corrected chi connectivity index (χ3v) is 3.81. The van der Waals surface area contributed by atoms with Crippen LogP contribution in [0.4, 0.5) is 11.4 Å². The zero-order chi connectivity index (χ0) is 17.9. The topological polar surface area (TPSA) is 70.2 Å². The molecule has 1 aromatic rings. The number of thiocarbonyl (C=S) groups is 1. The molecule has 6 heteroatoms. The Morgan fingerprint density at radius 1 is 1.04 bits per heavy atom. The van der Waals surface area contributed by atoms with Crippen LogP contribution in [0.25, 0.3) is 0 Å².